The first-order valence-corrected chi connectivity index (χ1v) is 8.73. The molecule has 7 heteroatoms. The molecule has 0 atom stereocenters. The molecule has 0 saturated heterocycles. The molecular weight excluding hydrogens is 376 g/mol. The largest absolute Gasteiger partial charge is 0.348 e. The number of nitrogens with one attached hydrogen (secondary N) is 2. The Morgan fingerprint density at radius 3 is 2.39 bits per heavy atom. The smallest absolute Gasteiger partial charge is 0.274 e. The van der Waals surface area contributed by atoms with Crippen molar-refractivity contribution in [3.8, 4) is 6.07 Å². The van der Waals surface area contributed by atoms with E-state index >= 15 is 0 Å². The predicted molar refractivity (Wildman–Crippen MR) is 106 cm³/mol. The average Bonchev–Trinajstić information content (AvgIpc) is 2.73. The summed E-state index contributed by atoms with van der Waals surface area (Å²) in [6.45, 7) is 0.338. The molecule has 0 unspecified atom stereocenters. The zero-order valence-electron chi connectivity index (χ0n) is 14.6. The fourth-order valence-corrected chi connectivity index (χ4v) is 2.53. The molecule has 0 fully saturated rings. The Labute approximate surface area is 166 Å². The second-order valence-electron chi connectivity index (χ2n) is 5.88. The summed E-state index contributed by atoms with van der Waals surface area (Å²) in [6.07, 6.45) is 1.41. The summed E-state index contributed by atoms with van der Waals surface area (Å²) in [7, 11) is 0. The third-order valence-corrected chi connectivity index (χ3v) is 4.14. The lowest BCUT2D eigenvalue weighted by atomic mass is 10.2. The van der Waals surface area contributed by atoms with E-state index in [-0.39, 0.29) is 11.6 Å². The Hall–Kier alpha value is -3.69. The van der Waals surface area contributed by atoms with Crippen molar-refractivity contribution in [2.45, 2.75) is 6.54 Å². The molecule has 0 spiro atoms. The van der Waals surface area contributed by atoms with Gasteiger partial charge in [0.05, 0.1) is 11.6 Å². The molecule has 6 nitrogen and oxygen atoms in total. The topological polar surface area (TPSA) is 94.9 Å². The molecule has 2 N–H and O–H groups in total. The van der Waals surface area contributed by atoms with Gasteiger partial charge in [-0.05, 0) is 54.1 Å². The highest BCUT2D eigenvalue weighted by atomic mass is 35.5. The number of rotatable bonds is 5. The number of hydrogen-bond acceptors (Lipinski definition) is 4. The maximum atomic E-state index is 12.4. The van der Waals surface area contributed by atoms with E-state index in [9.17, 15) is 9.59 Å². The van der Waals surface area contributed by atoms with E-state index in [0.29, 0.717) is 28.4 Å². The highest BCUT2D eigenvalue weighted by Gasteiger charge is 2.12. The molecule has 0 saturated carbocycles. The predicted octanol–water partition coefficient (Wildman–Crippen LogP) is 3.79. The first-order valence-electron chi connectivity index (χ1n) is 8.35. The van der Waals surface area contributed by atoms with Crippen LogP contribution in [-0.4, -0.2) is 16.8 Å². The van der Waals surface area contributed by atoms with Crippen LogP contribution in [-0.2, 0) is 6.54 Å². The first-order chi connectivity index (χ1) is 13.5. The Balaban J connectivity index is 1.65. The fourth-order valence-electron chi connectivity index (χ4n) is 2.41. The van der Waals surface area contributed by atoms with Crippen LogP contribution < -0.4 is 10.6 Å². The van der Waals surface area contributed by atoms with E-state index in [4.69, 9.17) is 16.9 Å². The van der Waals surface area contributed by atoms with E-state index in [1.165, 1.54) is 18.3 Å². The fraction of sp³-hybridized carbons (Fsp3) is 0.0476. The van der Waals surface area contributed by atoms with Gasteiger partial charge in [-0.15, -0.1) is 0 Å². The number of amides is 2. The molecule has 0 aliphatic carbocycles. The monoisotopic (exact) mass is 390 g/mol. The lowest BCUT2D eigenvalue weighted by Gasteiger charge is -2.08. The molecular formula is C21H15ClN4O2. The van der Waals surface area contributed by atoms with Gasteiger partial charge in [0, 0.05) is 29.0 Å². The number of hydrogen-bond donors (Lipinski definition) is 2. The number of benzene rings is 2. The number of nitriles is 1. The molecule has 3 aromatic rings. The molecule has 3 rings (SSSR count). The Morgan fingerprint density at radius 2 is 1.71 bits per heavy atom. The molecule has 0 aliphatic rings. The van der Waals surface area contributed by atoms with Crippen LogP contribution in [0.3, 0.4) is 0 Å². The number of nitrogens with zero attached hydrogens (tertiary/aromatic N) is 2. The van der Waals surface area contributed by atoms with Gasteiger partial charge in [-0.25, -0.2) is 0 Å². The van der Waals surface area contributed by atoms with E-state index in [0.717, 1.165) is 5.56 Å². The van der Waals surface area contributed by atoms with Crippen molar-refractivity contribution < 1.29 is 9.59 Å². The highest BCUT2D eigenvalue weighted by Crippen LogP contribution is 2.12. The Kier molecular flexibility index (Phi) is 6.00. The van der Waals surface area contributed by atoms with Crippen molar-refractivity contribution >= 4 is 29.1 Å². The van der Waals surface area contributed by atoms with E-state index in [1.807, 2.05) is 18.2 Å². The van der Waals surface area contributed by atoms with Crippen molar-refractivity contribution in [3.63, 3.8) is 0 Å². The summed E-state index contributed by atoms with van der Waals surface area (Å²) >= 11 is 5.84. The molecule has 28 heavy (non-hydrogen) atoms. The van der Waals surface area contributed by atoms with Crippen LogP contribution in [0, 0.1) is 11.3 Å². The number of carbonyl (C=O) groups excluding carboxylic acids is 2. The third-order valence-electron chi connectivity index (χ3n) is 3.89. The Bertz CT molecular complexity index is 1040. The van der Waals surface area contributed by atoms with Crippen LogP contribution in [0.15, 0.2) is 66.9 Å². The van der Waals surface area contributed by atoms with Crippen LogP contribution in [0.4, 0.5) is 5.69 Å². The van der Waals surface area contributed by atoms with E-state index in [2.05, 4.69) is 15.6 Å². The van der Waals surface area contributed by atoms with Gasteiger partial charge in [-0.1, -0.05) is 23.7 Å². The minimum absolute atomic E-state index is 0.114. The summed E-state index contributed by atoms with van der Waals surface area (Å²) in [5.74, 6) is -0.762. The lowest BCUT2D eigenvalue weighted by molar-refractivity contribution is 0.0951. The first kappa shape index (κ1) is 19.1. The number of anilines is 1. The van der Waals surface area contributed by atoms with Crippen molar-refractivity contribution in [2.75, 3.05) is 5.32 Å². The normalized spacial score (nSPS) is 10.0. The molecule has 0 bridgehead atoms. The number of carbonyl (C=O) groups is 2. The van der Waals surface area contributed by atoms with Gasteiger partial charge in [0.25, 0.3) is 11.8 Å². The summed E-state index contributed by atoms with van der Waals surface area (Å²) in [5, 5.41) is 14.9. The van der Waals surface area contributed by atoms with Gasteiger partial charge in [0.15, 0.2) is 0 Å². The maximum Gasteiger partial charge on any atom is 0.274 e. The minimum Gasteiger partial charge on any atom is -0.348 e. The Morgan fingerprint density at radius 1 is 1.00 bits per heavy atom. The third kappa shape index (κ3) is 4.93. The second kappa shape index (κ2) is 8.80. The second-order valence-corrected chi connectivity index (χ2v) is 6.32. The van der Waals surface area contributed by atoms with Crippen molar-refractivity contribution in [3.05, 3.63) is 94.3 Å². The SMILES string of the molecule is N#Cc1ccc(NC(=O)c2cc(C(=O)NCc3ccc(Cl)cc3)ccn2)cc1. The van der Waals surface area contributed by atoms with Gasteiger partial charge < -0.3 is 10.6 Å². The molecule has 0 aliphatic heterocycles. The number of aromatic nitrogens is 1. The van der Waals surface area contributed by atoms with Gasteiger partial charge in [-0.3, -0.25) is 14.6 Å². The standard InChI is InChI=1S/C21H15ClN4O2/c22-17-5-1-15(2-6-17)13-25-20(27)16-9-10-24-19(11-16)21(28)26-18-7-3-14(12-23)4-8-18/h1-11H,13H2,(H,25,27)(H,26,28). The van der Waals surface area contributed by atoms with Crippen molar-refractivity contribution in [1.29, 1.82) is 5.26 Å². The van der Waals surface area contributed by atoms with Gasteiger partial charge in [0.2, 0.25) is 0 Å². The van der Waals surface area contributed by atoms with Crippen molar-refractivity contribution in [1.82, 2.24) is 10.3 Å². The number of halogens is 1. The highest BCUT2D eigenvalue weighted by molar-refractivity contribution is 6.30. The summed E-state index contributed by atoms with van der Waals surface area (Å²) in [4.78, 5) is 28.8. The summed E-state index contributed by atoms with van der Waals surface area (Å²) < 4.78 is 0. The molecule has 1 aromatic heterocycles. The van der Waals surface area contributed by atoms with Gasteiger partial charge in [-0.2, -0.15) is 5.26 Å². The molecule has 2 amide bonds. The van der Waals surface area contributed by atoms with Crippen LogP contribution >= 0.6 is 11.6 Å². The van der Waals surface area contributed by atoms with E-state index in [1.54, 1.807) is 36.4 Å². The van der Waals surface area contributed by atoms with Crippen LogP contribution in [0.1, 0.15) is 32.0 Å². The van der Waals surface area contributed by atoms with Crippen LogP contribution in [0.2, 0.25) is 5.02 Å². The minimum atomic E-state index is -0.447. The maximum absolute atomic E-state index is 12.4. The zero-order valence-corrected chi connectivity index (χ0v) is 15.4. The molecule has 138 valence electrons. The molecule has 2 aromatic carbocycles. The van der Waals surface area contributed by atoms with Gasteiger partial charge >= 0.3 is 0 Å². The van der Waals surface area contributed by atoms with E-state index < -0.39 is 5.91 Å². The average molecular weight is 391 g/mol. The number of pyridine rings is 1. The summed E-state index contributed by atoms with van der Waals surface area (Å²) in [6, 6.07) is 18.6. The van der Waals surface area contributed by atoms with Crippen molar-refractivity contribution in [2.24, 2.45) is 0 Å². The lowest BCUT2D eigenvalue weighted by Crippen LogP contribution is -2.23. The molecule has 0 radical (unpaired) electrons. The van der Waals surface area contributed by atoms with Crippen LogP contribution in [0.25, 0.3) is 0 Å². The van der Waals surface area contributed by atoms with Crippen LogP contribution in [0.5, 0.6) is 0 Å². The van der Waals surface area contributed by atoms with Gasteiger partial charge in [0.1, 0.15) is 5.69 Å². The summed E-state index contributed by atoms with van der Waals surface area (Å²) in [5.41, 5.74) is 2.38. The quantitative estimate of drug-likeness (QED) is 0.692. The molecule has 1 heterocycles. The zero-order chi connectivity index (χ0) is 19.9.